The molecule has 0 radical (unpaired) electrons. The van der Waals surface area contributed by atoms with Crippen LogP contribution in [-0.2, 0) is 0 Å². The summed E-state index contributed by atoms with van der Waals surface area (Å²) in [7, 11) is 0. The van der Waals surface area contributed by atoms with Crippen molar-refractivity contribution < 1.29 is 9.18 Å². The largest absolute Gasteiger partial charge is 0.324 e. The third-order valence-electron chi connectivity index (χ3n) is 6.74. The van der Waals surface area contributed by atoms with E-state index in [1.165, 1.54) is 11.6 Å². The number of nitrogens with one attached hydrogen (secondary N) is 1. The van der Waals surface area contributed by atoms with Gasteiger partial charge in [-0.15, -0.1) is 0 Å². The summed E-state index contributed by atoms with van der Waals surface area (Å²) in [6.45, 7) is 1.56. The lowest BCUT2D eigenvalue weighted by Gasteiger charge is -2.52. The van der Waals surface area contributed by atoms with Gasteiger partial charge < -0.3 is 10.2 Å². The summed E-state index contributed by atoms with van der Waals surface area (Å²) in [6.07, 6.45) is 6.08. The molecule has 1 saturated heterocycles. The van der Waals surface area contributed by atoms with Gasteiger partial charge in [-0.1, -0.05) is 15.9 Å². The second-order valence-electron chi connectivity index (χ2n) is 8.59. The molecule has 0 unspecified atom stereocenters. The molecule has 0 atom stereocenters. The first kappa shape index (κ1) is 19.5. The Hall–Kier alpha value is -2.47. The molecule has 2 fully saturated rings. The summed E-state index contributed by atoms with van der Waals surface area (Å²) < 4.78 is 14.8. The van der Waals surface area contributed by atoms with Crippen molar-refractivity contribution in [3.05, 3.63) is 70.6 Å². The van der Waals surface area contributed by atoms with Crippen LogP contribution < -0.4 is 5.32 Å². The van der Waals surface area contributed by atoms with Gasteiger partial charge in [0.05, 0.1) is 5.52 Å². The number of pyridine rings is 1. The van der Waals surface area contributed by atoms with Gasteiger partial charge in [0, 0.05) is 34.8 Å². The zero-order valence-electron chi connectivity index (χ0n) is 16.6. The Morgan fingerprint density at radius 1 is 1.10 bits per heavy atom. The average Bonchev–Trinajstić information content (AvgIpc) is 2.73. The third kappa shape index (κ3) is 3.69. The van der Waals surface area contributed by atoms with Crippen LogP contribution in [0.1, 0.15) is 37.2 Å². The number of hydrogen-bond donors (Lipinski definition) is 1. The van der Waals surface area contributed by atoms with E-state index in [9.17, 15) is 9.18 Å². The van der Waals surface area contributed by atoms with Gasteiger partial charge in [-0.05, 0) is 91.1 Å². The number of hydrogen-bond acceptors (Lipinski definition) is 2. The number of benzene rings is 2. The van der Waals surface area contributed by atoms with Crippen molar-refractivity contribution in [2.24, 2.45) is 5.41 Å². The summed E-state index contributed by atoms with van der Waals surface area (Å²) in [4.78, 5) is 18.9. The van der Waals surface area contributed by atoms with E-state index in [0.29, 0.717) is 11.3 Å². The van der Waals surface area contributed by atoms with Crippen molar-refractivity contribution in [1.82, 2.24) is 9.88 Å². The maximum atomic E-state index is 13.8. The first-order chi connectivity index (χ1) is 14.5. The van der Waals surface area contributed by atoms with Crippen molar-refractivity contribution in [3.8, 4) is 0 Å². The van der Waals surface area contributed by atoms with E-state index in [-0.39, 0.29) is 11.8 Å². The van der Waals surface area contributed by atoms with Crippen LogP contribution in [0.15, 0.2) is 59.2 Å². The predicted molar refractivity (Wildman–Crippen MR) is 120 cm³/mol. The Morgan fingerprint density at radius 2 is 1.83 bits per heavy atom. The molecule has 6 heteroatoms. The number of carbonyl (C=O) groups is 1. The topological polar surface area (TPSA) is 45.2 Å². The van der Waals surface area contributed by atoms with Crippen molar-refractivity contribution in [2.45, 2.75) is 31.6 Å². The van der Waals surface area contributed by atoms with Crippen molar-refractivity contribution >= 4 is 38.6 Å². The van der Waals surface area contributed by atoms with Gasteiger partial charge in [-0.3, -0.25) is 4.98 Å². The second kappa shape index (κ2) is 7.65. The maximum Gasteiger partial charge on any atom is 0.321 e. The van der Waals surface area contributed by atoms with Crippen LogP contribution >= 0.6 is 15.9 Å². The molecule has 4 nitrogen and oxygen atoms in total. The normalized spacial score (nSPS) is 18.4. The van der Waals surface area contributed by atoms with Crippen LogP contribution in [0.5, 0.6) is 0 Å². The monoisotopic (exact) mass is 467 g/mol. The van der Waals surface area contributed by atoms with Crippen LogP contribution in [0.3, 0.4) is 0 Å². The highest BCUT2D eigenvalue weighted by Crippen LogP contribution is 2.57. The molecule has 1 saturated carbocycles. The number of anilines is 1. The first-order valence-corrected chi connectivity index (χ1v) is 11.2. The fraction of sp³-hybridized carbons (Fsp3) is 0.333. The van der Waals surface area contributed by atoms with Gasteiger partial charge in [0.1, 0.15) is 5.82 Å². The highest BCUT2D eigenvalue weighted by molar-refractivity contribution is 9.10. The number of likely N-dealkylation sites (tertiary alicyclic amines) is 1. The molecule has 2 aromatic carbocycles. The van der Waals surface area contributed by atoms with E-state index in [4.69, 9.17) is 0 Å². The van der Waals surface area contributed by atoms with E-state index < -0.39 is 0 Å². The Morgan fingerprint density at radius 3 is 2.57 bits per heavy atom. The van der Waals surface area contributed by atoms with Gasteiger partial charge >= 0.3 is 6.03 Å². The fourth-order valence-corrected chi connectivity index (χ4v) is 5.29. The summed E-state index contributed by atoms with van der Waals surface area (Å²) in [6, 6.07) is 14.5. The van der Waals surface area contributed by atoms with Crippen LogP contribution in [-0.4, -0.2) is 29.0 Å². The minimum Gasteiger partial charge on any atom is -0.324 e. The number of aromatic nitrogens is 1. The van der Waals surface area contributed by atoms with Gasteiger partial charge in [0.15, 0.2) is 0 Å². The second-order valence-corrected chi connectivity index (χ2v) is 9.51. The maximum absolute atomic E-state index is 13.8. The Kier molecular flexibility index (Phi) is 4.97. The minimum absolute atomic E-state index is 0.0290. The zero-order valence-corrected chi connectivity index (χ0v) is 18.2. The number of nitrogens with zero attached hydrogens (tertiary/aromatic N) is 2. The zero-order chi connectivity index (χ0) is 20.7. The van der Waals surface area contributed by atoms with Crippen LogP contribution in [0.4, 0.5) is 14.9 Å². The van der Waals surface area contributed by atoms with E-state index in [1.807, 2.05) is 41.4 Å². The molecule has 1 aromatic heterocycles. The molecule has 30 heavy (non-hydrogen) atoms. The number of carbonyl (C=O) groups excluding carboxylic acids is 1. The Bertz CT molecular complexity index is 1090. The minimum atomic E-state index is -0.212. The quantitative estimate of drug-likeness (QED) is 0.478. The molecule has 0 bridgehead atoms. The van der Waals surface area contributed by atoms with Gasteiger partial charge in [-0.25, -0.2) is 9.18 Å². The number of halogens is 2. The molecule has 3 aromatic rings. The molecule has 154 valence electrons. The van der Waals surface area contributed by atoms with Gasteiger partial charge in [0.25, 0.3) is 0 Å². The molecule has 2 heterocycles. The van der Waals surface area contributed by atoms with E-state index in [0.717, 1.165) is 59.8 Å². The SMILES string of the molecule is O=C(Nc1ccc(Br)cc1)N1CCC2(CC1)CC(c1ccnc3ccc(F)cc13)C2. The number of urea groups is 1. The van der Waals surface area contributed by atoms with Gasteiger partial charge in [-0.2, -0.15) is 0 Å². The van der Waals surface area contributed by atoms with Crippen LogP contribution in [0, 0.1) is 11.2 Å². The van der Waals surface area contributed by atoms with Crippen LogP contribution in [0.2, 0.25) is 0 Å². The Labute approximate surface area is 183 Å². The lowest BCUT2D eigenvalue weighted by Crippen LogP contribution is -2.49. The molecule has 1 N–H and O–H groups in total. The van der Waals surface area contributed by atoms with E-state index >= 15 is 0 Å². The number of piperidine rings is 1. The smallest absolute Gasteiger partial charge is 0.321 e. The van der Waals surface area contributed by atoms with Crippen molar-refractivity contribution in [3.63, 3.8) is 0 Å². The first-order valence-electron chi connectivity index (χ1n) is 10.4. The number of rotatable bonds is 2. The molecule has 1 aliphatic heterocycles. The van der Waals surface area contributed by atoms with E-state index in [2.05, 4.69) is 26.2 Å². The lowest BCUT2D eigenvalue weighted by atomic mass is 9.56. The summed E-state index contributed by atoms with van der Waals surface area (Å²) >= 11 is 3.41. The molecular formula is C24H23BrFN3O. The molecule has 1 aliphatic carbocycles. The lowest BCUT2D eigenvalue weighted by molar-refractivity contribution is 0.0295. The highest BCUT2D eigenvalue weighted by atomic mass is 79.9. The average molecular weight is 468 g/mol. The highest BCUT2D eigenvalue weighted by Gasteiger charge is 2.47. The van der Waals surface area contributed by atoms with Crippen molar-refractivity contribution in [2.75, 3.05) is 18.4 Å². The summed E-state index contributed by atoms with van der Waals surface area (Å²) in [5.41, 5.74) is 3.18. The Balaban J connectivity index is 1.21. The number of amides is 2. The van der Waals surface area contributed by atoms with Crippen LogP contribution in [0.25, 0.3) is 10.9 Å². The number of fused-ring (bicyclic) bond motifs is 1. The van der Waals surface area contributed by atoms with E-state index in [1.54, 1.807) is 12.1 Å². The fourth-order valence-electron chi connectivity index (χ4n) is 5.03. The molecule has 2 aliphatic rings. The standard InChI is InChI=1S/C24H23BrFN3O/c25-17-1-4-19(5-2-17)28-23(30)29-11-8-24(9-12-29)14-16(15-24)20-7-10-27-22-6-3-18(26)13-21(20)22/h1-7,10,13,16H,8-9,11-12,14-15H2,(H,28,30). The molecule has 1 spiro atoms. The summed E-state index contributed by atoms with van der Waals surface area (Å²) in [5, 5.41) is 3.92. The summed E-state index contributed by atoms with van der Waals surface area (Å²) in [5.74, 6) is 0.233. The third-order valence-corrected chi connectivity index (χ3v) is 7.27. The molecular weight excluding hydrogens is 445 g/mol. The van der Waals surface area contributed by atoms with Crippen molar-refractivity contribution in [1.29, 1.82) is 0 Å². The van der Waals surface area contributed by atoms with Gasteiger partial charge in [0.2, 0.25) is 0 Å². The predicted octanol–water partition coefficient (Wildman–Crippen LogP) is 6.33. The molecule has 2 amide bonds. The molecule has 5 rings (SSSR count).